The number of nitrogens with zero attached hydrogens (tertiary/aromatic N) is 5. The molecule has 6 heteroatoms. The van der Waals surface area contributed by atoms with E-state index in [4.69, 9.17) is 0 Å². The van der Waals surface area contributed by atoms with Crippen LogP contribution in [0.15, 0.2) is 30.5 Å². The Balaban J connectivity index is 1.64. The third kappa shape index (κ3) is 4.00. The zero-order valence-corrected chi connectivity index (χ0v) is 15.0. The largest absolute Gasteiger partial charge is 0.370 e. The van der Waals surface area contributed by atoms with E-state index in [0.29, 0.717) is 12.0 Å². The van der Waals surface area contributed by atoms with E-state index < -0.39 is 0 Å². The molecule has 0 spiro atoms. The van der Waals surface area contributed by atoms with Crippen molar-refractivity contribution in [1.82, 2.24) is 9.97 Å². The van der Waals surface area contributed by atoms with E-state index in [2.05, 4.69) is 39.2 Å². The van der Waals surface area contributed by atoms with Crippen LogP contribution in [0, 0.1) is 18.3 Å². The molecule has 1 saturated heterocycles. The van der Waals surface area contributed by atoms with Crippen molar-refractivity contribution in [3.05, 3.63) is 41.6 Å². The topological polar surface area (TPSA) is 68.1 Å². The van der Waals surface area contributed by atoms with E-state index in [1.165, 1.54) is 5.56 Å². The summed E-state index contributed by atoms with van der Waals surface area (Å²) in [7, 11) is 3.87. The molecule has 1 N–H and O–H groups in total. The van der Waals surface area contributed by atoms with E-state index in [0.717, 1.165) is 43.0 Å². The first-order valence-electron chi connectivity index (χ1n) is 8.59. The molecule has 25 heavy (non-hydrogen) atoms. The second-order valence-electron chi connectivity index (χ2n) is 6.67. The average Bonchev–Trinajstić information content (AvgIpc) is 2.62. The van der Waals surface area contributed by atoms with Crippen molar-refractivity contribution in [2.75, 3.05) is 42.3 Å². The summed E-state index contributed by atoms with van der Waals surface area (Å²) in [5.41, 5.74) is 2.99. The van der Waals surface area contributed by atoms with Crippen molar-refractivity contribution in [2.45, 2.75) is 25.8 Å². The Morgan fingerprint density at radius 2 is 2.00 bits per heavy atom. The maximum atomic E-state index is 9.35. The number of nitrogens with one attached hydrogen (secondary N) is 1. The van der Waals surface area contributed by atoms with E-state index in [1.807, 2.05) is 37.2 Å². The summed E-state index contributed by atoms with van der Waals surface area (Å²) in [4.78, 5) is 13.0. The monoisotopic (exact) mass is 336 g/mol. The molecule has 130 valence electrons. The Hall–Kier alpha value is -2.81. The second-order valence-corrected chi connectivity index (χ2v) is 6.67. The van der Waals surface area contributed by atoms with Crippen molar-refractivity contribution in [3.8, 4) is 6.07 Å². The highest BCUT2D eigenvalue weighted by Gasteiger charge is 2.21. The number of aromatic nitrogens is 2. The van der Waals surface area contributed by atoms with Crippen LogP contribution in [-0.2, 0) is 0 Å². The maximum absolute atomic E-state index is 9.35. The summed E-state index contributed by atoms with van der Waals surface area (Å²) in [5, 5.41) is 12.9. The molecule has 3 rings (SSSR count). The molecule has 1 aromatic heterocycles. The summed E-state index contributed by atoms with van der Waals surface area (Å²) in [6.45, 7) is 3.93. The number of nitriles is 1. The molecule has 0 saturated carbocycles. The molecular formula is C19H24N6. The molecule has 0 amide bonds. The zero-order chi connectivity index (χ0) is 17.8. The Morgan fingerprint density at radius 1 is 1.24 bits per heavy atom. The molecule has 0 unspecified atom stereocenters. The number of piperidine rings is 1. The van der Waals surface area contributed by atoms with Gasteiger partial charge in [0.1, 0.15) is 11.9 Å². The SMILES string of the molecule is Cc1ccc(C#N)c(N2CCC(Nc3ccnc(N(C)C)n3)CC2)c1. The molecule has 1 aliphatic heterocycles. The zero-order valence-electron chi connectivity index (χ0n) is 15.0. The van der Waals surface area contributed by atoms with Gasteiger partial charge in [0.05, 0.1) is 11.3 Å². The summed E-state index contributed by atoms with van der Waals surface area (Å²) < 4.78 is 0. The molecule has 6 nitrogen and oxygen atoms in total. The fraction of sp³-hybridized carbons (Fsp3) is 0.421. The fourth-order valence-corrected chi connectivity index (χ4v) is 3.12. The minimum Gasteiger partial charge on any atom is -0.370 e. The highest BCUT2D eigenvalue weighted by molar-refractivity contribution is 5.61. The molecule has 2 aromatic rings. The Bertz CT molecular complexity index is 772. The normalized spacial score (nSPS) is 14.9. The third-order valence-electron chi connectivity index (χ3n) is 4.50. The molecule has 1 aliphatic rings. The lowest BCUT2D eigenvalue weighted by Gasteiger charge is -2.34. The molecule has 1 fully saturated rings. The lowest BCUT2D eigenvalue weighted by atomic mass is 10.0. The Kier molecular flexibility index (Phi) is 5.03. The second kappa shape index (κ2) is 7.39. The van der Waals surface area contributed by atoms with Gasteiger partial charge in [0.2, 0.25) is 5.95 Å². The van der Waals surface area contributed by atoms with Crippen molar-refractivity contribution >= 4 is 17.5 Å². The maximum Gasteiger partial charge on any atom is 0.226 e. The van der Waals surface area contributed by atoms with Crippen LogP contribution in [0.25, 0.3) is 0 Å². The quantitative estimate of drug-likeness (QED) is 0.926. The molecule has 0 aliphatic carbocycles. The first-order chi connectivity index (χ1) is 12.1. The molecule has 0 bridgehead atoms. The van der Waals surface area contributed by atoms with E-state index >= 15 is 0 Å². The lowest BCUT2D eigenvalue weighted by molar-refractivity contribution is 0.525. The van der Waals surface area contributed by atoms with Gasteiger partial charge < -0.3 is 15.1 Å². The summed E-state index contributed by atoms with van der Waals surface area (Å²) >= 11 is 0. The molecule has 0 atom stereocenters. The van der Waals surface area contributed by atoms with Crippen LogP contribution in [0.4, 0.5) is 17.5 Å². The van der Waals surface area contributed by atoms with Gasteiger partial charge >= 0.3 is 0 Å². The lowest BCUT2D eigenvalue weighted by Crippen LogP contribution is -2.39. The van der Waals surface area contributed by atoms with Crippen LogP contribution < -0.4 is 15.1 Å². The molecule has 2 heterocycles. The van der Waals surface area contributed by atoms with Crippen LogP contribution in [0.2, 0.25) is 0 Å². The van der Waals surface area contributed by atoms with Crippen molar-refractivity contribution in [1.29, 1.82) is 5.26 Å². The van der Waals surface area contributed by atoms with Gasteiger partial charge in [-0.1, -0.05) is 6.07 Å². The molecular weight excluding hydrogens is 312 g/mol. The predicted octanol–water partition coefficient (Wildman–Crippen LogP) is 2.80. The fourth-order valence-electron chi connectivity index (χ4n) is 3.12. The molecule has 1 aromatic carbocycles. The van der Waals surface area contributed by atoms with Gasteiger partial charge in [0.25, 0.3) is 0 Å². The first kappa shape index (κ1) is 17.0. The van der Waals surface area contributed by atoms with E-state index in [1.54, 1.807) is 6.20 Å². The van der Waals surface area contributed by atoms with Gasteiger partial charge in [0, 0.05) is 39.4 Å². The number of rotatable bonds is 4. The van der Waals surface area contributed by atoms with Gasteiger partial charge in [-0.25, -0.2) is 4.98 Å². The number of aryl methyl sites for hydroxylation is 1. The average molecular weight is 336 g/mol. The van der Waals surface area contributed by atoms with Crippen LogP contribution >= 0.6 is 0 Å². The summed E-state index contributed by atoms with van der Waals surface area (Å²) in [6, 6.07) is 10.6. The highest BCUT2D eigenvalue weighted by atomic mass is 15.2. The minimum absolute atomic E-state index is 0.386. The van der Waals surface area contributed by atoms with Crippen LogP contribution in [0.5, 0.6) is 0 Å². The van der Waals surface area contributed by atoms with Crippen LogP contribution in [-0.4, -0.2) is 43.2 Å². The predicted molar refractivity (Wildman–Crippen MR) is 101 cm³/mol. The van der Waals surface area contributed by atoms with Crippen molar-refractivity contribution < 1.29 is 0 Å². The van der Waals surface area contributed by atoms with Crippen LogP contribution in [0.1, 0.15) is 24.0 Å². The number of anilines is 3. The molecule has 0 radical (unpaired) electrons. The third-order valence-corrected chi connectivity index (χ3v) is 4.50. The number of hydrogen-bond donors (Lipinski definition) is 1. The van der Waals surface area contributed by atoms with Crippen LogP contribution in [0.3, 0.4) is 0 Å². The highest BCUT2D eigenvalue weighted by Crippen LogP contribution is 2.26. The number of hydrogen-bond acceptors (Lipinski definition) is 6. The van der Waals surface area contributed by atoms with Crippen molar-refractivity contribution in [3.63, 3.8) is 0 Å². The minimum atomic E-state index is 0.386. The summed E-state index contributed by atoms with van der Waals surface area (Å²) in [5.74, 6) is 1.58. The van der Waals surface area contributed by atoms with Gasteiger partial charge in [0.15, 0.2) is 0 Å². The Labute approximate surface area is 149 Å². The van der Waals surface area contributed by atoms with E-state index in [9.17, 15) is 5.26 Å². The Morgan fingerprint density at radius 3 is 2.68 bits per heavy atom. The van der Waals surface area contributed by atoms with Gasteiger partial charge in [-0.2, -0.15) is 10.2 Å². The van der Waals surface area contributed by atoms with Gasteiger partial charge in [-0.15, -0.1) is 0 Å². The summed E-state index contributed by atoms with van der Waals surface area (Å²) in [6.07, 6.45) is 3.81. The first-order valence-corrected chi connectivity index (χ1v) is 8.59. The standard InChI is InChI=1S/C19H24N6/c1-14-4-5-15(13-20)17(12-14)25-10-7-16(8-11-25)22-18-6-9-21-19(23-18)24(2)3/h4-6,9,12,16H,7-8,10-11H2,1-3H3,(H,21,22,23). The smallest absolute Gasteiger partial charge is 0.226 e. The van der Waals surface area contributed by atoms with Gasteiger partial charge in [-0.3, -0.25) is 0 Å². The van der Waals surface area contributed by atoms with Gasteiger partial charge in [-0.05, 0) is 43.5 Å². The number of benzene rings is 1. The van der Waals surface area contributed by atoms with Crippen molar-refractivity contribution in [2.24, 2.45) is 0 Å². The van der Waals surface area contributed by atoms with E-state index in [-0.39, 0.29) is 0 Å².